The Labute approximate surface area is 196 Å². The number of halogens is 2. The molecule has 1 unspecified atom stereocenters. The summed E-state index contributed by atoms with van der Waals surface area (Å²) in [5.74, 6) is 1.08. The van der Waals surface area contributed by atoms with Gasteiger partial charge < -0.3 is 14.4 Å². The molecular weight excluding hydrogens is 447 g/mol. The van der Waals surface area contributed by atoms with Gasteiger partial charge in [0.2, 0.25) is 0 Å². The number of nitriles is 1. The zero-order valence-electron chi connectivity index (χ0n) is 17.6. The van der Waals surface area contributed by atoms with E-state index < -0.39 is 6.04 Å². The molecular formula is C25H20Cl2N2O3. The third-order valence-electron chi connectivity index (χ3n) is 5.64. The van der Waals surface area contributed by atoms with E-state index in [0.29, 0.717) is 51.2 Å². The molecule has 1 amide bonds. The van der Waals surface area contributed by atoms with E-state index in [1.54, 1.807) is 55.5 Å². The van der Waals surface area contributed by atoms with E-state index >= 15 is 0 Å². The molecule has 0 aromatic heterocycles. The minimum atomic E-state index is -0.524. The maximum absolute atomic E-state index is 13.7. The first-order valence-electron chi connectivity index (χ1n) is 9.98. The van der Waals surface area contributed by atoms with Gasteiger partial charge in [0.05, 0.1) is 41.9 Å². The van der Waals surface area contributed by atoms with Gasteiger partial charge in [-0.2, -0.15) is 5.26 Å². The number of benzene rings is 3. The van der Waals surface area contributed by atoms with Crippen molar-refractivity contribution in [2.45, 2.75) is 12.5 Å². The van der Waals surface area contributed by atoms with Crippen LogP contribution in [0.1, 0.15) is 38.7 Å². The topological polar surface area (TPSA) is 62.6 Å². The van der Waals surface area contributed by atoms with Gasteiger partial charge in [0.1, 0.15) is 11.5 Å². The van der Waals surface area contributed by atoms with Gasteiger partial charge in [0.25, 0.3) is 5.91 Å². The number of ether oxygens (including phenoxy) is 2. The molecule has 0 saturated heterocycles. The van der Waals surface area contributed by atoms with E-state index in [1.165, 1.54) is 0 Å². The van der Waals surface area contributed by atoms with E-state index in [1.807, 2.05) is 18.2 Å². The van der Waals surface area contributed by atoms with Crippen LogP contribution in [-0.2, 0) is 6.42 Å². The van der Waals surface area contributed by atoms with Gasteiger partial charge in [-0.05, 0) is 47.9 Å². The number of methoxy groups -OCH3 is 2. The smallest absolute Gasteiger partial charge is 0.254 e. The second-order valence-electron chi connectivity index (χ2n) is 7.39. The van der Waals surface area contributed by atoms with E-state index in [0.717, 1.165) is 11.1 Å². The highest BCUT2D eigenvalue weighted by Gasteiger charge is 2.37. The fourth-order valence-electron chi connectivity index (χ4n) is 4.15. The highest BCUT2D eigenvalue weighted by Crippen LogP contribution is 2.46. The Morgan fingerprint density at radius 3 is 2.59 bits per heavy atom. The second-order valence-corrected chi connectivity index (χ2v) is 8.17. The van der Waals surface area contributed by atoms with E-state index in [2.05, 4.69) is 6.07 Å². The molecule has 0 fully saturated rings. The Kier molecular flexibility index (Phi) is 6.27. The lowest BCUT2D eigenvalue weighted by Gasteiger charge is -2.39. The SMILES string of the molecule is COc1cc2c(c(OC)c1)C(c1cccc(Cl)c1Cl)N(C(=O)c1cccc(C#N)c1)CC2. The molecule has 0 radical (unpaired) electrons. The minimum Gasteiger partial charge on any atom is -0.497 e. The number of carbonyl (C=O) groups excluding carboxylic acids is 1. The monoisotopic (exact) mass is 466 g/mol. The van der Waals surface area contributed by atoms with Crippen molar-refractivity contribution in [3.63, 3.8) is 0 Å². The Balaban J connectivity index is 1.92. The molecule has 3 aromatic carbocycles. The molecule has 0 saturated carbocycles. The van der Waals surface area contributed by atoms with E-state index in [9.17, 15) is 10.1 Å². The van der Waals surface area contributed by atoms with Crippen molar-refractivity contribution < 1.29 is 14.3 Å². The summed E-state index contributed by atoms with van der Waals surface area (Å²) in [6, 6.07) is 17.4. The minimum absolute atomic E-state index is 0.202. The molecule has 1 aliphatic heterocycles. The van der Waals surface area contributed by atoms with Crippen LogP contribution >= 0.6 is 23.2 Å². The molecule has 0 N–H and O–H groups in total. The zero-order valence-corrected chi connectivity index (χ0v) is 19.1. The van der Waals surface area contributed by atoms with Gasteiger partial charge in [0, 0.05) is 23.7 Å². The fourth-order valence-corrected chi connectivity index (χ4v) is 4.56. The van der Waals surface area contributed by atoms with Crippen LogP contribution in [0.15, 0.2) is 54.6 Å². The Morgan fingerprint density at radius 1 is 1.09 bits per heavy atom. The summed E-state index contributed by atoms with van der Waals surface area (Å²) in [5.41, 5.74) is 3.41. The number of rotatable bonds is 4. The maximum atomic E-state index is 13.7. The van der Waals surface area contributed by atoms with Crippen molar-refractivity contribution in [1.82, 2.24) is 4.90 Å². The van der Waals surface area contributed by atoms with Gasteiger partial charge in [-0.1, -0.05) is 41.4 Å². The second kappa shape index (κ2) is 9.12. The third-order valence-corrected chi connectivity index (χ3v) is 6.47. The molecule has 1 aliphatic rings. The lowest BCUT2D eigenvalue weighted by molar-refractivity contribution is 0.0692. The van der Waals surface area contributed by atoms with E-state index in [4.69, 9.17) is 32.7 Å². The summed E-state index contributed by atoms with van der Waals surface area (Å²) < 4.78 is 11.1. The fraction of sp³-hybridized carbons (Fsp3) is 0.200. The summed E-state index contributed by atoms with van der Waals surface area (Å²) in [7, 11) is 3.19. The molecule has 0 aliphatic carbocycles. The van der Waals surface area contributed by atoms with Crippen molar-refractivity contribution in [2.24, 2.45) is 0 Å². The van der Waals surface area contributed by atoms with Crippen LogP contribution in [-0.4, -0.2) is 31.6 Å². The molecule has 0 spiro atoms. The lowest BCUT2D eigenvalue weighted by Crippen LogP contribution is -2.41. The molecule has 7 heteroatoms. The molecule has 4 rings (SSSR count). The number of carbonyl (C=O) groups is 1. The highest BCUT2D eigenvalue weighted by molar-refractivity contribution is 6.42. The summed E-state index contributed by atoms with van der Waals surface area (Å²) in [6.45, 7) is 0.451. The number of nitrogens with zero attached hydrogens (tertiary/aromatic N) is 2. The largest absolute Gasteiger partial charge is 0.497 e. The van der Waals surface area contributed by atoms with Gasteiger partial charge >= 0.3 is 0 Å². The summed E-state index contributed by atoms with van der Waals surface area (Å²) in [4.78, 5) is 15.4. The number of amides is 1. The Hall–Kier alpha value is -3.20. The van der Waals surface area contributed by atoms with Crippen LogP contribution in [0.5, 0.6) is 11.5 Å². The summed E-state index contributed by atoms with van der Waals surface area (Å²) in [6.07, 6.45) is 0.612. The van der Waals surface area contributed by atoms with Crippen LogP contribution in [0.2, 0.25) is 10.0 Å². The molecule has 0 bridgehead atoms. The maximum Gasteiger partial charge on any atom is 0.254 e. The van der Waals surface area contributed by atoms with E-state index in [-0.39, 0.29) is 5.91 Å². The molecule has 5 nitrogen and oxygen atoms in total. The number of fused-ring (bicyclic) bond motifs is 1. The average molecular weight is 467 g/mol. The van der Waals surface area contributed by atoms with Crippen molar-refractivity contribution in [1.29, 1.82) is 5.26 Å². The van der Waals surface area contributed by atoms with Crippen molar-refractivity contribution in [2.75, 3.05) is 20.8 Å². The van der Waals surface area contributed by atoms with Crippen LogP contribution in [0, 0.1) is 11.3 Å². The Bertz CT molecular complexity index is 1220. The average Bonchev–Trinajstić information content (AvgIpc) is 2.83. The Morgan fingerprint density at radius 2 is 1.88 bits per heavy atom. The summed E-state index contributed by atoms with van der Waals surface area (Å²) in [5, 5.41) is 10.1. The quantitative estimate of drug-likeness (QED) is 0.496. The molecule has 32 heavy (non-hydrogen) atoms. The van der Waals surface area contributed by atoms with Crippen LogP contribution in [0.25, 0.3) is 0 Å². The normalized spacial score (nSPS) is 15.0. The van der Waals surface area contributed by atoms with Crippen LogP contribution < -0.4 is 9.47 Å². The van der Waals surface area contributed by atoms with Crippen molar-refractivity contribution in [3.8, 4) is 17.6 Å². The predicted octanol–water partition coefficient (Wildman–Crippen LogP) is 5.67. The zero-order chi connectivity index (χ0) is 22.8. The first-order valence-corrected chi connectivity index (χ1v) is 10.7. The third kappa shape index (κ3) is 3.88. The molecule has 1 atom stereocenters. The molecule has 1 heterocycles. The van der Waals surface area contributed by atoms with Gasteiger partial charge in [0.15, 0.2) is 0 Å². The predicted molar refractivity (Wildman–Crippen MR) is 124 cm³/mol. The standard InChI is InChI=1S/C25H20Cl2N2O3/c1-31-18-12-16-9-10-29(25(30)17-6-3-5-15(11-17)14-28)24(22(16)21(13-18)32-2)19-7-4-8-20(26)23(19)27/h3-8,11-13,24H,9-10H2,1-2H3. The molecule has 162 valence electrons. The first kappa shape index (κ1) is 22.0. The first-order chi connectivity index (χ1) is 15.5. The van der Waals surface area contributed by atoms with Gasteiger partial charge in [-0.25, -0.2) is 0 Å². The van der Waals surface area contributed by atoms with Crippen LogP contribution in [0.3, 0.4) is 0 Å². The molecule has 3 aromatic rings. The van der Waals surface area contributed by atoms with Crippen LogP contribution in [0.4, 0.5) is 0 Å². The number of hydrogen-bond donors (Lipinski definition) is 0. The van der Waals surface area contributed by atoms with Crippen molar-refractivity contribution in [3.05, 3.63) is 92.5 Å². The van der Waals surface area contributed by atoms with Gasteiger partial charge in [-0.15, -0.1) is 0 Å². The van der Waals surface area contributed by atoms with Gasteiger partial charge in [-0.3, -0.25) is 4.79 Å². The number of hydrogen-bond acceptors (Lipinski definition) is 4. The lowest BCUT2D eigenvalue weighted by atomic mass is 9.86. The summed E-state index contributed by atoms with van der Waals surface area (Å²) >= 11 is 13.0. The van der Waals surface area contributed by atoms with Crippen molar-refractivity contribution >= 4 is 29.1 Å². The highest BCUT2D eigenvalue weighted by atomic mass is 35.5.